The number of halogens is 3. The van der Waals surface area contributed by atoms with Gasteiger partial charge in [-0.1, -0.05) is 23.4 Å². The molecule has 3 N–H and O–H groups in total. The fourth-order valence-corrected chi connectivity index (χ4v) is 2.50. The molecule has 0 aliphatic heterocycles. The maximum Gasteiger partial charge on any atom is 0.416 e. The fourth-order valence-electron chi connectivity index (χ4n) is 2.50. The molecule has 0 atom stereocenters. The number of carbonyl (C=O) groups is 1. The van der Waals surface area contributed by atoms with E-state index in [0.717, 1.165) is 22.4 Å². The van der Waals surface area contributed by atoms with Crippen LogP contribution in [0.1, 0.15) is 21.6 Å². The number of alkyl halides is 3. The largest absolute Gasteiger partial charge is 0.497 e. The van der Waals surface area contributed by atoms with Crippen molar-refractivity contribution in [2.75, 3.05) is 12.8 Å². The van der Waals surface area contributed by atoms with Crippen molar-refractivity contribution in [3.8, 4) is 11.4 Å². The maximum atomic E-state index is 12.9. The van der Waals surface area contributed by atoms with Crippen molar-refractivity contribution in [2.45, 2.75) is 12.7 Å². The molecule has 0 bridgehead atoms. The third-order valence-corrected chi connectivity index (χ3v) is 3.93. The molecule has 0 aliphatic carbocycles. The third kappa shape index (κ3) is 4.05. The van der Waals surface area contributed by atoms with Gasteiger partial charge < -0.3 is 15.8 Å². The number of benzene rings is 2. The van der Waals surface area contributed by atoms with E-state index in [1.54, 1.807) is 24.3 Å². The normalized spacial score (nSPS) is 11.3. The SMILES string of the molecule is COc1cccc(CNC(=O)c2nnn(-c3cccc(C(F)(F)F)c3)c2N)c1. The molecule has 28 heavy (non-hydrogen) atoms. The number of hydrogen-bond acceptors (Lipinski definition) is 5. The van der Waals surface area contributed by atoms with Gasteiger partial charge in [0.1, 0.15) is 5.75 Å². The van der Waals surface area contributed by atoms with Gasteiger partial charge in [-0.05, 0) is 35.9 Å². The van der Waals surface area contributed by atoms with E-state index in [9.17, 15) is 18.0 Å². The Balaban J connectivity index is 1.78. The summed E-state index contributed by atoms with van der Waals surface area (Å²) in [6.45, 7) is 0.186. The lowest BCUT2D eigenvalue weighted by Gasteiger charge is -2.09. The number of aromatic nitrogens is 3. The number of anilines is 1. The van der Waals surface area contributed by atoms with E-state index >= 15 is 0 Å². The van der Waals surface area contributed by atoms with Crippen LogP contribution in [0.5, 0.6) is 5.75 Å². The minimum Gasteiger partial charge on any atom is -0.497 e. The van der Waals surface area contributed by atoms with E-state index in [1.165, 1.54) is 19.2 Å². The van der Waals surface area contributed by atoms with Gasteiger partial charge in [0, 0.05) is 6.54 Å². The minimum atomic E-state index is -4.51. The van der Waals surface area contributed by atoms with Gasteiger partial charge in [0.25, 0.3) is 5.91 Å². The van der Waals surface area contributed by atoms with Crippen LogP contribution in [-0.4, -0.2) is 28.0 Å². The van der Waals surface area contributed by atoms with Crippen LogP contribution in [0.15, 0.2) is 48.5 Å². The second-order valence-electron chi connectivity index (χ2n) is 5.82. The predicted octanol–water partition coefficient (Wildman–Crippen LogP) is 2.81. The smallest absolute Gasteiger partial charge is 0.416 e. The molecule has 0 radical (unpaired) electrons. The predicted molar refractivity (Wildman–Crippen MR) is 94.9 cm³/mol. The Labute approximate surface area is 157 Å². The molecule has 3 aromatic rings. The molecule has 2 aromatic carbocycles. The summed E-state index contributed by atoms with van der Waals surface area (Å²) in [7, 11) is 1.53. The summed E-state index contributed by atoms with van der Waals surface area (Å²) in [4.78, 5) is 12.3. The number of rotatable bonds is 5. The summed E-state index contributed by atoms with van der Waals surface area (Å²) in [5, 5.41) is 10.0. The fraction of sp³-hybridized carbons (Fsp3) is 0.167. The van der Waals surface area contributed by atoms with Crippen LogP contribution < -0.4 is 15.8 Å². The van der Waals surface area contributed by atoms with Crippen LogP contribution in [0.2, 0.25) is 0 Å². The molecule has 0 saturated carbocycles. The van der Waals surface area contributed by atoms with E-state index in [4.69, 9.17) is 10.5 Å². The number of ether oxygens (including phenoxy) is 1. The molecule has 1 amide bonds. The number of nitrogens with one attached hydrogen (secondary N) is 1. The summed E-state index contributed by atoms with van der Waals surface area (Å²) in [5.74, 6) is -0.122. The van der Waals surface area contributed by atoms with Crippen LogP contribution in [-0.2, 0) is 12.7 Å². The molecule has 10 heteroatoms. The molecule has 0 aliphatic rings. The first-order chi connectivity index (χ1) is 13.3. The highest BCUT2D eigenvalue weighted by Crippen LogP contribution is 2.30. The number of nitrogen functional groups attached to an aromatic ring is 1. The van der Waals surface area contributed by atoms with E-state index < -0.39 is 17.6 Å². The average Bonchev–Trinajstić information content (AvgIpc) is 3.07. The Kier molecular flexibility index (Phi) is 5.21. The Morgan fingerprint density at radius 3 is 2.68 bits per heavy atom. The average molecular weight is 391 g/mol. The zero-order chi connectivity index (χ0) is 20.3. The van der Waals surface area contributed by atoms with E-state index in [0.29, 0.717) is 5.75 Å². The number of nitrogens with two attached hydrogens (primary N) is 1. The molecule has 7 nitrogen and oxygen atoms in total. The zero-order valence-electron chi connectivity index (χ0n) is 14.7. The number of methoxy groups -OCH3 is 1. The molecule has 146 valence electrons. The van der Waals surface area contributed by atoms with Crippen LogP contribution in [0.25, 0.3) is 5.69 Å². The van der Waals surface area contributed by atoms with Crippen LogP contribution >= 0.6 is 0 Å². The van der Waals surface area contributed by atoms with Gasteiger partial charge >= 0.3 is 6.18 Å². The van der Waals surface area contributed by atoms with E-state index in [-0.39, 0.29) is 23.7 Å². The van der Waals surface area contributed by atoms with Crippen LogP contribution in [0.4, 0.5) is 19.0 Å². The topological polar surface area (TPSA) is 95.1 Å². The van der Waals surface area contributed by atoms with Gasteiger partial charge in [0.15, 0.2) is 11.5 Å². The van der Waals surface area contributed by atoms with Crippen molar-refractivity contribution < 1.29 is 22.7 Å². The summed E-state index contributed by atoms with van der Waals surface area (Å²) >= 11 is 0. The molecular formula is C18H16F3N5O2. The summed E-state index contributed by atoms with van der Waals surface area (Å²) in [5.41, 5.74) is 5.68. The molecule has 3 rings (SSSR count). The monoisotopic (exact) mass is 391 g/mol. The number of amides is 1. The first kappa shape index (κ1) is 19.2. The molecule has 0 saturated heterocycles. The van der Waals surface area contributed by atoms with E-state index in [2.05, 4.69) is 15.6 Å². The first-order valence-electron chi connectivity index (χ1n) is 8.09. The van der Waals surface area contributed by atoms with Gasteiger partial charge in [-0.25, -0.2) is 0 Å². The highest BCUT2D eigenvalue weighted by atomic mass is 19.4. The van der Waals surface area contributed by atoms with Crippen LogP contribution in [0, 0.1) is 0 Å². The molecule has 1 aromatic heterocycles. The van der Waals surface area contributed by atoms with Gasteiger partial charge in [0.2, 0.25) is 0 Å². The highest BCUT2D eigenvalue weighted by molar-refractivity contribution is 5.96. The van der Waals surface area contributed by atoms with Crippen molar-refractivity contribution in [3.63, 3.8) is 0 Å². The second kappa shape index (κ2) is 7.59. The molecular weight excluding hydrogens is 375 g/mol. The van der Waals surface area contributed by atoms with Crippen molar-refractivity contribution in [1.29, 1.82) is 0 Å². The lowest BCUT2D eigenvalue weighted by Crippen LogP contribution is -2.24. The Hall–Kier alpha value is -3.56. The Bertz CT molecular complexity index is 1000. The lowest BCUT2D eigenvalue weighted by molar-refractivity contribution is -0.137. The van der Waals surface area contributed by atoms with Crippen LogP contribution in [0.3, 0.4) is 0 Å². The van der Waals surface area contributed by atoms with E-state index in [1.807, 2.05) is 0 Å². The summed E-state index contributed by atoms with van der Waals surface area (Å²) in [6, 6.07) is 11.5. The standard InChI is InChI=1S/C18H16F3N5O2/c1-28-14-7-2-4-11(8-14)10-23-17(27)15-16(22)26(25-24-15)13-6-3-5-12(9-13)18(19,20)21/h2-9H,10,22H2,1H3,(H,23,27). The molecule has 0 fully saturated rings. The van der Waals surface area contributed by atoms with Gasteiger partial charge in [-0.3, -0.25) is 4.79 Å². The van der Waals surface area contributed by atoms with Crippen molar-refractivity contribution in [1.82, 2.24) is 20.3 Å². The number of nitrogens with zero attached hydrogens (tertiary/aromatic N) is 3. The first-order valence-corrected chi connectivity index (χ1v) is 8.09. The van der Waals surface area contributed by atoms with Crippen molar-refractivity contribution in [2.24, 2.45) is 0 Å². The van der Waals surface area contributed by atoms with Gasteiger partial charge in [-0.2, -0.15) is 17.9 Å². The lowest BCUT2D eigenvalue weighted by atomic mass is 10.2. The third-order valence-electron chi connectivity index (χ3n) is 3.93. The van der Waals surface area contributed by atoms with Crippen molar-refractivity contribution >= 4 is 11.7 Å². The maximum absolute atomic E-state index is 12.9. The minimum absolute atomic E-state index is 0.0478. The Morgan fingerprint density at radius 2 is 1.96 bits per heavy atom. The van der Waals surface area contributed by atoms with Gasteiger partial charge in [0.05, 0.1) is 18.4 Å². The van der Waals surface area contributed by atoms with Gasteiger partial charge in [-0.15, -0.1) is 5.10 Å². The molecule has 1 heterocycles. The van der Waals surface area contributed by atoms with Crippen molar-refractivity contribution in [3.05, 3.63) is 65.4 Å². The number of carbonyl (C=O) groups excluding carboxylic acids is 1. The Morgan fingerprint density at radius 1 is 1.21 bits per heavy atom. The molecule has 0 unspecified atom stereocenters. The molecule has 0 spiro atoms. The summed E-state index contributed by atoms with van der Waals surface area (Å²) in [6.07, 6.45) is -4.51. The highest BCUT2D eigenvalue weighted by Gasteiger charge is 2.31. The quantitative estimate of drug-likeness (QED) is 0.697. The second-order valence-corrected chi connectivity index (χ2v) is 5.82. The zero-order valence-corrected chi connectivity index (χ0v) is 14.7. The number of hydrogen-bond donors (Lipinski definition) is 2. The summed E-state index contributed by atoms with van der Waals surface area (Å²) < 4.78 is 44.7.